The zero-order chi connectivity index (χ0) is 15.4. The molecule has 1 aromatic heterocycles. The summed E-state index contributed by atoms with van der Waals surface area (Å²) in [6, 6.07) is 9.66. The van der Waals surface area contributed by atoms with E-state index in [2.05, 4.69) is 15.6 Å². The number of carbonyl (C=O) groups is 2. The zero-order valence-corrected chi connectivity index (χ0v) is 12.5. The summed E-state index contributed by atoms with van der Waals surface area (Å²) in [5.41, 5.74) is 1.24. The molecule has 1 heterocycles. The van der Waals surface area contributed by atoms with E-state index < -0.39 is 5.91 Å². The number of hydrogen-bond acceptors (Lipinski definition) is 3. The molecule has 0 atom stereocenters. The van der Waals surface area contributed by atoms with Gasteiger partial charge < -0.3 is 10.6 Å². The summed E-state index contributed by atoms with van der Waals surface area (Å²) < 4.78 is 0. The largest absolute Gasteiger partial charge is 0.326 e. The van der Waals surface area contributed by atoms with E-state index >= 15 is 0 Å². The summed E-state index contributed by atoms with van der Waals surface area (Å²) in [5.74, 6) is -0.628. The Kier molecular flexibility index (Phi) is 4.77. The average Bonchev–Trinajstić information content (AvgIpc) is 2.43. The van der Waals surface area contributed by atoms with Crippen molar-refractivity contribution >= 4 is 46.4 Å². The molecular weight excluding hydrogens is 313 g/mol. The third kappa shape index (κ3) is 4.18. The standard InChI is InChI=1S/C14H11Cl2N3O2/c1-8(20)17-9-2-4-10(5-3-9)18-14(21)13-11(15)6-7-12(16)19-13/h2-7H,1H3,(H,17,20)(H,18,21). The fourth-order valence-corrected chi connectivity index (χ4v) is 1.95. The van der Waals surface area contributed by atoms with Gasteiger partial charge in [-0.05, 0) is 36.4 Å². The summed E-state index contributed by atoms with van der Waals surface area (Å²) in [6.45, 7) is 1.42. The highest BCUT2D eigenvalue weighted by Gasteiger charge is 2.13. The van der Waals surface area contributed by atoms with Crippen molar-refractivity contribution in [1.29, 1.82) is 0 Å². The minimum Gasteiger partial charge on any atom is -0.326 e. The molecule has 0 aliphatic heterocycles. The van der Waals surface area contributed by atoms with Gasteiger partial charge in [-0.3, -0.25) is 9.59 Å². The Morgan fingerprint density at radius 3 is 2.10 bits per heavy atom. The molecule has 0 saturated carbocycles. The van der Waals surface area contributed by atoms with Crippen LogP contribution in [-0.4, -0.2) is 16.8 Å². The number of nitrogens with one attached hydrogen (secondary N) is 2. The lowest BCUT2D eigenvalue weighted by molar-refractivity contribution is -0.114. The first kappa shape index (κ1) is 15.3. The lowest BCUT2D eigenvalue weighted by Crippen LogP contribution is -2.14. The Hall–Kier alpha value is -2.11. The van der Waals surface area contributed by atoms with Crippen LogP contribution < -0.4 is 10.6 Å². The van der Waals surface area contributed by atoms with Gasteiger partial charge >= 0.3 is 0 Å². The number of aromatic nitrogens is 1. The summed E-state index contributed by atoms with van der Waals surface area (Å²) in [4.78, 5) is 26.9. The first-order valence-corrected chi connectivity index (χ1v) is 6.72. The van der Waals surface area contributed by atoms with Gasteiger partial charge in [0.1, 0.15) is 10.8 Å². The lowest BCUT2D eigenvalue weighted by Gasteiger charge is -2.07. The zero-order valence-electron chi connectivity index (χ0n) is 11.0. The Morgan fingerprint density at radius 2 is 1.52 bits per heavy atom. The van der Waals surface area contributed by atoms with Gasteiger partial charge in [-0.2, -0.15) is 0 Å². The summed E-state index contributed by atoms with van der Waals surface area (Å²) in [7, 11) is 0. The van der Waals surface area contributed by atoms with Crippen LogP contribution in [0.25, 0.3) is 0 Å². The van der Waals surface area contributed by atoms with E-state index in [1.54, 1.807) is 24.3 Å². The quantitative estimate of drug-likeness (QED) is 0.848. The monoisotopic (exact) mass is 323 g/mol. The molecule has 2 aromatic rings. The highest BCUT2D eigenvalue weighted by molar-refractivity contribution is 6.35. The maximum Gasteiger partial charge on any atom is 0.275 e. The molecule has 7 heteroatoms. The predicted molar refractivity (Wildman–Crippen MR) is 83.0 cm³/mol. The summed E-state index contributed by atoms with van der Waals surface area (Å²) in [5, 5.41) is 5.68. The van der Waals surface area contributed by atoms with Crippen molar-refractivity contribution in [3.8, 4) is 0 Å². The van der Waals surface area contributed by atoms with E-state index in [1.807, 2.05) is 0 Å². The molecule has 0 radical (unpaired) electrons. The second-order valence-electron chi connectivity index (χ2n) is 4.18. The molecule has 0 aliphatic rings. The molecular formula is C14H11Cl2N3O2. The fourth-order valence-electron chi connectivity index (χ4n) is 1.61. The number of anilines is 2. The van der Waals surface area contributed by atoms with Crippen molar-refractivity contribution < 1.29 is 9.59 Å². The number of hydrogen-bond donors (Lipinski definition) is 2. The molecule has 0 unspecified atom stereocenters. The Balaban J connectivity index is 2.12. The van der Waals surface area contributed by atoms with Crippen LogP contribution in [0.5, 0.6) is 0 Å². The fraction of sp³-hybridized carbons (Fsp3) is 0.0714. The Bertz CT molecular complexity index is 687. The van der Waals surface area contributed by atoms with Crippen LogP contribution in [0.2, 0.25) is 10.2 Å². The van der Waals surface area contributed by atoms with Gasteiger partial charge in [-0.15, -0.1) is 0 Å². The van der Waals surface area contributed by atoms with Crippen molar-refractivity contribution in [3.63, 3.8) is 0 Å². The third-order valence-corrected chi connectivity index (χ3v) is 3.01. The van der Waals surface area contributed by atoms with E-state index in [-0.39, 0.29) is 21.8 Å². The summed E-state index contributed by atoms with van der Waals surface area (Å²) >= 11 is 11.7. The topological polar surface area (TPSA) is 71.1 Å². The van der Waals surface area contributed by atoms with E-state index in [0.29, 0.717) is 11.4 Å². The molecule has 21 heavy (non-hydrogen) atoms. The van der Waals surface area contributed by atoms with Crippen molar-refractivity contribution in [2.24, 2.45) is 0 Å². The van der Waals surface area contributed by atoms with Crippen LogP contribution in [0.15, 0.2) is 36.4 Å². The second kappa shape index (κ2) is 6.56. The number of benzene rings is 1. The molecule has 0 bridgehead atoms. The Morgan fingerprint density at radius 1 is 0.952 bits per heavy atom. The molecule has 0 aliphatic carbocycles. The molecule has 1 aromatic carbocycles. The van der Waals surface area contributed by atoms with Crippen LogP contribution in [0.3, 0.4) is 0 Å². The maximum absolute atomic E-state index is 12.1. The van der Waals surface area contributed by atoms with Gasteiger partial charge in [0.15, 0.2) is 0 Å². The average molecular weight is 324 g/mol. The van der Waals surface area contributed by atoms with Crippen LogP contribution in [0.4, 0.5) is 11.4 Å². The second-order valence-corrected chi connectivity index (χ2v) is 4.97. The van der Waals surface area contributed by atoms with Crippen molar-refractivity contribution in [1.82, 2.24) is 4.98 Å². The van der Waals surface area contributed by atoms with Crippen LogP contribution in [0, 0.1) is 0 Å². The summed E-state index contributed by atoms with van der Waals surface area (Å²) in [6.07, 6.45) is 0. The molecule has 0 saturated heterocycles. The normalized spacial score (nSPS) is 10.0. The molecule has 2 N–H and O–H groups in total. The minimum atomic E-state index is -0.463. The van der Waals surface area contributed by atoms with Crippen LogP contribution in [0.1, 0.15) is 17.4 Å². The van der Waals surface area contributed by atoms with Crippen LogP contribution in [-0.2, 0) is 4.79 Å². The van der Waals surface area contributed by atoms with E-state index in [4.69, 9.17) is 23.2 Å². The smallest absolute Gasteiger partial charge is 0.275 e. The van der Waals surface area contributed by atoms with Gasteiger partial charge in [0.2, 0.25) is 5.91 Å². The molecule has 2 rings (SSSR count). The first-order valence-electron chi connectivity index (χ1n) is 5.97. The SMILES string of the molecule is CC(=O)Nc1ccc(NC(=O)c2nc(Cl)ccc2Cl)cc1. The van der Waals surface area contributed by atoms with E-state index in [9.17, 15) is 9.59 Å². The maximum atomic E-state index is 12.1. The Labute approximate surface area is 131 Å². The van der Waals surface area contributed by atoms with Crippen LogP contribution >= 0.6 is 23.2 Å². The highest BCUT2D eigenvalue weighted by Crippen LogP contribution is 2.19. The molecule has 5 nitrogen and oxygen atoms in total. The van der Waals surface area contributed by atoms with Gasteiger partial charge in [0.05, 0.1) is 5.02 Å². The number of halogens is 2. The van der Waals surface area contributed by atoms with E-state index in [0.717, 1.165) is 0 Å². The first-order chi connectivity index (χ1) is 9.95. The van der Waals surface area contributed by atoms with Gasteiger partial charge in [-0.1, -0.05) is 23.2 Å². The third-order valence-electron chi connectivity index (χ3n) is 2.49. The van der Waals surface area contributed by atoms with Crippen molar-refractivity contribution in [2.75, 3.05) is 10.6 Å². The predicted octanol–water partition coefficient (Wildman–Crippen LogP) is 3.60. The van der Waals surface area contributed by atoms with Gasteiger partial charge in [0, 0.05) is 18.3 Å². The number of nitrogens with zero attached hydrogens (tertiary/aromatic N) is 1. The molecule has 0 spiro atoms. The number of amides is 2. The number of rotatable bonds is 3. The number of carbonyl (C=O) groups excluding carboxylic acids is 2. The molecule has 2 amide bonds. The van der Waals surface area contributed by atoms with Gasteiger partial charge in [0.25, 0.3) is 5.91 Å². The van der Waals surface area contributed by atoms with Crippen molar-refractivity contribution in [2.45, 2.75) is 6.92 Å². The molecule has 0 fully saturated rings. The lowest BCUT2D eigenvalue weighted by atomic mass is 10.2. The highest BCUT2D eigenvalue weighted by atomic mass is 35.5. The van der Waals surface area contributed by atoms with Crippen molar-refractivity contribution in [3.05, 3.63) is 52.3 Å². The minimum absolute atomic E-state index is 0.0510. The van der Waals surface area contributed by atoms with Gasteiger partial charge in [-0.25, -0.2) is 4.98 Å². The number of pyridine rings is 1. The van der Waals surface area contributed by atoms with E-state index in [1.165, 1.54) is 19.1 Å². The molecule has 108 valence electrons.